The lowest BCUT2D eigenvalue weighted by Gasteiger charge is -2.07. The van der Waals surface area contributed by atoms with Crippen LogP contribution in [0.25, 0.3) is 48.3 Å². The molecule has 0 saturated carbocycles. The Bertz CT molecular complexity index is 1500. The van der Waals surface area contributed by atoms with Crippen LogP contribution in [0.5, 0.6) is 0 Å². The zero-order chi connectivity index (χ0) is 19.4. The van der Waals surface area contributed by atoms with E-state index >= 15 is 0 Å². The molecule has 0 N–H and O–H groups in total. The largest absolute Gasteiger partial charge is 0.309 e. The molecular formula is C25H15BrN2S. The SMILES string of the molecule is Brc1ccc2c(c1)c1cc3sc(-c4ccccc4)nc3cc1n2-c1ccccc1. The molecule has 2 heterocycles. The first kappa shape index (κ1) is 17.0. The first-order valence-corrected chi connectivity index (χ1v) is 11.0. The van der Waals surface area contributed by atoms with Crippen molar-refractivity contribution in [1.82, 2.24) is 9.55 Å². The normalized spacial score (nSPS) is 11.6. The van der Waals surface area contributed by atoms with Crippen LogP contribution in [0.2, 0.25) is 0 Å². The molecule has 0 aliphatic heterocycles. The van der Waals surface area contributed by atoms with Crippen molar-refractivity contribution in [3.8, 4) is 16.3 Å². The van der Waals surface area contributed by atoms with E-state index in [-0.39, 0.29) is 0 Å². The minimum absolute atomic E-state index is 1.04. The highest BCUT2D eigenvalue weighted by molar-refractivity contribution is 9.10. The second kappa shape index (κ2) is 6.55. The van der Waals surface area contributed by atoms with Gasteiger partial charge >= 0.3 is 0 Å². The second-order valence-electron chi connectivity index (χ2n) is 7.05. The van der Waals surface area contributed by atoms with Gasteiger partial charge in [-0.15, -0.1) is 11.3 Å². The van der Waals surface area contributed by atoms with Crippen molar-refractivity contribution < 1.29 is 0 Å². The van der Waals surface area contributed by atoms with Gasteiger partial charge in [-0.25, -0.2) is 4.98 Å². The van der Waals surface area contributed by atoms with Crippen LogP contribution in [0.15, 0.2) is 95.5 Å². The predicted molar refractivity (Wildman–Crippen MR) is 127 cm³/mol. The monoisotopic (exact) mass is 454 g/mol. The number of nitrogens with zero attached hydrogens (tertiary/aromatic N) is 2. The third-order valence-electron chi connectivity index (χ3n) is 5.27. The van der Waals surface area contributed by atoms with Gasteiger partial charge in [-0.2, -0.15) is 0 Å². The fraction of sp³-hybridized carbons (Fsp3) is 0. The Hall–Kier alpha value is -2.95. The molecule has 0 spiro atoms. The molecule has 4 heteroatoms. The molecule has 0 atom stereocenters. The molecule has 0 saturated heterocycles. The van der Waals surface area contributed by atoms with Gasteiger partial charge < -0.3 is 4.57 Å². The maximum Gasteiger partial charge on any atom is 0.124 e. The average Bonchev–Trinajstić information content (AvgIpc) is 3.31. The van der Waals surface area contributed by atoms with Crippen LogP contribution in [-0.2, 0) is 0 Å². The zero-order valence-electron chi connectivity index (χ0n) is 15.3. The maximum atomic E-state index is 4.95. The van der Waals surface area contributed by atoms with E-state index in [9.17, 15) is 0 Å². The van der Waals surface area contributed by atoms with Gasteiger partial charge in [0.15, 0.2) is 0 Å². The Balaban J connectivity index is 1.71. The van der Waals surface area contributed by atoms with Crippen molar-refractivity contribution in [3.63, 3.8) is 0 Å². The fourth-order valence-corrected chi connectivity index (χ4v) is 5.33. The predicted octanol–water partition coefficient (Wildman–Crippen LogP) is 7.82. The van der Waals surface area contributed by atoms with Gasteiger partial charge in [0, 0.05) is 26.5 Å². The lowest BCUT2D eigenvalue weighted by Crippen LogP contribution is -1.92. The Labute approximate surface area is 180 Å². The van der Waals surface area contributed by atoms with Crippen LogP contribution < -0.4 is 0 Å². The summed E-state index contributed by atoms with van der Waals surface area (Å²) >= 11 is 5.40. The molecule has 0 amide bonds. The topological polar surface area (TPSA) is 17.8 Å². The number of hydrogen-bond acceptors (Lipinski definition) is 2. The molecule has 0 radical (unpaired) electrons. The summed E-state index contributed by atoms with van der Waals surface area (Å²) in [5.41, 5.74) is 5.75. The Morgan fingerprint density at radius 3 is 2.24 bits per heavy atom. The highest BCUT2D eigenvalue weighted by Crippen LogP contribution is 2.38. The van der Waals surface area contributed by atoms with E-state index < -0.39 is 0 Å². The van der Waals surface area contributed by atoms with E-state index in [1.807, 2.05) is 6.07 Å². The van der Waals surface area contributed by atoms with Crippen LogP contribution in [-0.4, -0.2) is 9.55 Å². The molecule has 29 heavy (non-hydrogen) atoms. The van der Waals surface area contributed by atoms with E-state index in [0.717, 1.165) is 26.2 Å². The van der Waals surface area contributed by atoms with E-state index in [1.54, 1.807) is 11.3 Å². The minimum atomic E-state index is 1.04. The molecule has 2 aromatic heterocycles. The minimum Gasteiger partial charge on any atom is -0.309 e. The molecule has 6 aromatic rings. The molecule has 4 aromatic carbocycles. The van der Waals surface area contributed by atoms with E-state index in [4.69, 9.17) is 4.98 Å². The van der Waals surface area contributed by atoms with E-state index in [1.165, 1.54) is 26.5 Å². The van der Waals surface area contributed by atoms with Gasteiger partial charge in [0.25, 0.3) is 0 Å². The summed E-state index contributed by atoms with van der Waals surface area (Å²) in [5, 5.41) is 3.56. The van der Waals surface area contributed by atoms with Gasteiger partial charge in [-0.1, -0.05) is 64.5 Å². The third kappa shape index (κ3) is 2.71. The lowest BCUT2D eigenvalue weighted by atomic mass is 10.1. The number of thiazole rings is 1. The van der Waals surface area contributed by atoms with Crippen LogP contribution in [0.1, 0.15) is 0 Å². The number of para-hydroxylation sites is 1. The molecule has 0 unspecified atom stereocenters. The van der Waals surface area contributed by atoms with Gasteiger partial charge in [-0.3, -0.25) is 0 Å². The molecule has 0 bridgehead atoms. The molecule has 0 fully saturated rings. The summed E-state index contributed by atoms with van der Waals surface area (Å²) in [4.78, 5) is 4.95. The molecule has 0 aliphatic carbocycles. The number of benzene rings is 4. The fourth-order valence-electron chi connectivity index (χ4n) is 3.97. The number of aromatic nitrogens is 2. The van der Waals surface area contributed by atoms with Crippen molar-refractivity contribution in [2.24, 2.45) is 0 Å². The highest BCUT2D eigenvalue weighted by Gasteiger charge is 2.15. The van der Waals surface area contributed by atoms with Crippen LogP contribution in [0.3, 0.4) is 0 Å². The number of rotatable bonds is 2. The average molecular weight is 455 g/mol. The lowest BCUT2D eigenvalue weighted by molar-refractivity contribution is 1.18. The van der Waals surface area contributed by atoms with Gasteiger partial charge in [-0.05, 0) is 42.5 Å². The van der Waals surface area contributed by atoms with Crippen LogP contribution >= 0.6 is 27.3 Å². The molecular weight excluding hydrogens is 440 g/mol. The van der Waals surface area contributed by atoms with Crippen molar-refractivity contribution in [1.29, 1.82) is 0 Å². The standard InChI is InChI=1S/C25H15BrN2S/c26-17-11-12-22-19(13-17)20-14-24-21(27-25(29-24)16-7-3-1-4-8-16)15-23(20)28(22)18-9-5-2-6-10-18/h1-15H. The Morgan fingerprint density at radius 2 is 1.45 bits per heavy atom. The number of hydrogen-bond donors (Lipinski definition) is 0. The summed E-state index contributed by atoms with van der Waals surface area (Å²) in [5.74, 6) is 0. The van der Waals surface area contributed by atoms with Crippen molar-refractivity contribution in [3.05, 3.63) is 95.5 Å². The zero-order valence-corrected chi connectivity index (χ0v) is 17.7. The van der Waals surface area contributed by atoms with Gasteiger partial charge in [0.05, 0.1) is 21.3 Å². The Morgan fingerprint density at radius 1 is 0.724 bits per heavy atom. The quantitative estimate of drug-likeness (QED) is 0.260. The van der Waals surface area contributed by atoms with Crippen LogP contribution in [0, 0.1) is 0 Å². The van der Waals surface area contributed by atoms with Crippen molar-refractivity contribution in [2.75, 3.05) is 0 Å². The van der Waals surface area contributed by atoms with E-state index in [2.05, 4.69) is 105 Å². The summed E-state index contributed by atoms with van der Waals surface area (Å²) in [6, 6.07) is 32.0. The smallest absolute Gasteiger partial charge is 0.124 e. The van der Waals surface area contributed by atoms with Crippen molar-refractivity contribution >= 4 is 59.3 Å². The summed E-state index contributed by atoms with van der Waals surface area (Å²) in [6.07, 6.45) is 0. The maximum absolute atomic E-state index is 4.95. The summed E-state index contributed by atoms with van der Waals surface area (Å²) in [7, 11) is 0. The van der Waals surface area contributed by atoms with E-state index in [0.29, 0.717) is 0 Å². The number of fused-ring (bicyclic) bond motifs is 4. The molecule has 138 valence electrons. The summed E-state index contributed by atoms with van der Waals surface area (Å²) < 4.78 is 4.63. The van der Waals surface area contributed by atoms with Gasteiger partial charge in [0.1, 0.15) is 5.01 Å². The second-order valence-corrected chi connectivity index (χ2v) is 9.00. The first-order valence-electron chi connectivity index (χ1n) is 9.43. The molecule has 6 rings (SSSR count). The Kier molecular flexibility index (Phi) is 3.83. The first-order chi connectivity index (χ1) is 14.3. The molecule has 2 nitrogen and oxygen atoms in total. The van der Waals surface area contributed by atoms with Crippen LogP contribution in [0.4, 0.5) is 0 Å². The van der Waals surface area contributed by atoms with Crippen molar-refractivity contribution in [2.45, 2.75) is 0 Å². The van der Waals surface area contributed by atoms with Gasteiger partial charge in [0.2, 0.25) is 0 Å². The highest BCUT2D eigenvalue weighted by atomic mass is 79.9. The third-order valence-corrected chi connectivity index (χ3v) is 6.83. The number of halogens is 1. The molecule has 0 aliphatic rings. The summed E-state index contributed by atoms with van der Waals surface area (Å²) in [6.45, 7) is 0.